The van der Waals surface area contributed by atoms with Crippen LogP contribution in [0.2, 0.25) is 5.02 Å². The van der Waals surface area contributed by atoms with Gasteiger partial charge in [0.15, 0.2) is 6.10 Å². The van der Waals surface area contributed by atoms with E-state index >= 15 is 0 Å². The number of hydrogen-bond acceptors (Lipinski definition) is 3. The second-order valence-corrected chi connectivity index (χ2v) is 6.98. The van der Waals surface area contributed by atoms with Gasteiger partial charge < -0.3 is 4.74 Å². The molecule has 1 aliphatic rings. The summed E-state index contributed by atoms with van der Waals surface area (Å²) in [6, 6.07) is 14.4. The molecule has 2 atom stereocenters. The fourth-order valence-corrected chi connectivity index (χ4v) is 3.47. The highest BCUT2D eigenvalue weighted by Crippen LogP contribution is 2.47. The summed E-state index contributed by atoms with van der Waals surface area (Å²) in [6.45, 7) is 5.83. The van der Waals surface area contributed by atoms with Crippen LogP contribution in [0, 0.1) is 12.8 Å². The van der Waals surface area contributed by atoms with Gasteiger partial charge in [0.25, 0.3) is 0 Å². The van der Waals surface area contributed by atoms with Gasteiger partial charge in [-0.15, -0.1) is 0 Å². The number of halogens is 1. The monoisotopic (exact) mass is 342 g/mol. The highest BCUT2D eigenvalue weighted by molar-refractivity contribution is 6.30. The van der Waals surface area contributed by atoms with Gasteiger partial charge in [0, 0.05) is 10.6 Å². The first-order valence-corrected chi connectivity index (χ1v) is 8.33. The molecule has 0 radical (unpaired) electrons. The average Bonchev–Trinajstić information content (AvgIpc) is 2.54. The molecule has 0 N–H and O–H groups in total. The molecule has 3 rings (SSSR count). The number of hydrogen-bond donors (Lipinski definition) is 0. The standard InChI is InChI=1S/C20H19ClO3/c1-12(2)20(15-8-10-16(21)11-9-15)18(24-19(20)23)17(22)14-6-4-13(3)5-7-14/h4-12,18H,1-3H3/t18-,20-/m1/s1. The second-order valence-electron chi connectivity index (χ2n) is 6.55. The van der Waals surface area contributed by atoms with Crippen LogP contribution in [0.4, 0.5) is 0 Å². The molecule has 0 aliphatic carbocycles. The SMILES string of the molecule is Cc1ccc(C(=O)[C@H]2OC(=O)[C@@]2(c2ccc(Cl)cc2)C(C)C)cc1. The molecule has 24 heavy (non-hydrogen) atoms. The van der Waals surface area contributed by atoms with Crippen LogP contribution in [0.5, 0.6) is 0 Å². The maximum absolute atomic E-state index is 12.9. The summed E-state index contributed by atoms with van der Waals surface area (Å²) in [5.74, 6) is -0.608. The number of carbonyl (C=O) groups excluding carboxylic acids is 2. The number of Topliss-reactive ketones (excluding diaryl/α,β-unsaturated/α-hetero) is 1. The van der Waals surface area contributed by atoms with E-state index in [4.69, 9.17) is 16.3 Å². The average molecular weight is 343 g/mol. The molecule has 0 bridgehead atoms. The predicted molar refractivity (Wildman–Crippen MR) is 93.4 cm³/mol. The summed E-state index contributed by atoms with van der Waals surface area (Å²) >= 11 is 5.97. The molecule has 4 heteroatoms. The van der Waals surface area contributed by atoms with Gasteiger partial charge in [0.05, 0.1) is 0 Å². The highest BCUT2D eigenvalue weighted by Gasteiger charge is 2.64. The van der Waals surface area contributed by atoms with Crippen molar-refractivity contribution in [2.45, 2.75) is 32.3 Å². The van der Waals surface area contributed by atoms with E-state index in [0.717, 1.165) is 11.1 Å². The largest absolute Gasteiger partial charge is 0.452 e. The van der Waals surface area contributed by atoms with Crippen LogP contribution >= 0.6 is 11.6 Å². The molecule has 3 nitrogen and oxygen atoms in total. The van der Waals surface area contributed by atoms with Crippen LogP contribution in [0.15, 0.2) is 48.5 Å². The van der Waals surface area contributed by atoms with Gasteiger partial charge in [0.1, 0.15) is 5.41 Å². The number of rotatable bonds is 4. The molecule has 2 aromatic rings. The Balaban J connectivity index is 2.04. The molecule has 0 amide bonds. The fraction of sp³-hybridized carbons (Fsp3) is 0.300. The lowest BCUT2D eigenvalue weighted by atomic mass is 9.62. The lowest BCUT2D eigenvalue weighted by Gasteiger charge is -2.48. The Morgan fingerprint density at radius 3 is 2.17 bits per heavy atom. The Bertz CT molecular complexity index is 778. The van der Waals surface area contributed by atoms with Crippen molar-refractivity contribution in [3.8, 4) is 0 Å². The van der Waals surface area contributed by atoms with Crippen molar-refractivity contribution in [1.82, 2.24) is 0 Å². The maximum atomic E-state index is 12.9. The highest BCUT2D eigenvalue weighted by atomic mass is 35.5. The minimum Gasteiger partial charge on any atom is -0.452 e. The zero-order chi connectivity index (χ0) is 17.5. The number of benzene rings is 2. The van der Waals surface area contributed by atoms with Crippen molar-refractivity contribution in [2.24, 2.45) is 5.92 Å². The Morgan fingerprint density at radius 2 is 1.67 bits per heavy atom. The van der Waals surface area contributed by atoms with Gasteiger partial charge in [-0.3, -0.25) is 9.59 Å². The van der Waals surface area contributed by atoms with Gasteiger partial charge in [-0.1, -0.05) is 67.4 Å². The van der Waals surface area contributed by atoms with Crippen molar-refractivity contribution < 1.29 is 14.3 Å². The van der Waals surface area contributed by atoms with Gasteiger partial charge in [0.2, 0.25) is 5.78 Å². The van der Waals surface area contributed by atoms with Crippen molar-refractivity contribution in [3.05, 3.63) is 70.2 Å². The molecule has 1 saturated heterocycles. The number of ether oxygens (including phenoxy) is 1. The summed E-state index contributed by atoms with van der Waals surface area (Å²) in [4.78, 5) is 25.4. The molecule has 1 aliphatic heterocycles. The van der Waals surface area contributed by atoms with E-state index in [0.29, 0.717) is 10.6 Å². The number of carbonyl (C=O) groups is 2. The smallest absolute Gasteiger partial charge is 0.321 e. The van der Waals surface area contributed by atoms with Crippen LogP contribution in [-0.4, -0.2) is 17.9 Å². The number of esters is 1. The zero-order valence-corrected chi connectivity index (χ0v) is 14.6. The molecule has 0 saturated carbocycles. The Morgan fingerprint density at radius 1 is 1.08 bits per heavy atom. The van der Waals surface area contributed by atoms with Crippen molar-refractivity contribution in [2.75, 3.05) is 0 Å². The first-order valence-electron chi connectivity index (χ1n) is 7.95. The van der Waals surface area contributed by atoms with Gasteiger partial charge >= 0.3 is 5.97 Å². The van der Waals surface area contributed by atoms with Crippen LogP contribution in [0.3, 0.4) is 0 Å². The fourth-order valence-electron chi connectivity index (χ4n) is 3.34. The van der Waals surface area contributed by atoms with Crippen molar-refractivity contribution in [3.63, 3.8) is 0 Å². The third-order valence-corrected chi connectivity index (χ3v) is 5.03. The topological polar surface area (TPSA) is 43.4 Å². The Labute approximate surface area is 146 Å². The Hall–Kier alpha value is -2.13. The molecule has 1 fully saturated rings. The van der Waals surface area contributed by atoms with E-state index in [2.05, 4.69) is 0 Å². The quantitative estimate of drug-likeness (QED) is 0.612. The summed E-state index contributed by atoms with van der Waals surface area (Å²) in [6.07, 6.45) is -0.811. The predicted octanol–water partition coefficient (Wildman–Crippen LogP) is 4.35. The summed E-state index contributed by atoms with van der Waals surface area (Å²) in [7, 11) is 0. The van der Waals surface area contributed by atoms with Crippen LogP contribution in [0.1, 0.15) is 35.3 Å². The third kappa shape index (κ3) is 2.44. The molecule has 0 spiro atoms. The summed E-state index contributed by atoms with van der Waals surface area (Å²) in [5.41, 5.74) is 1.43. The number of ketones is 1. The minimum absolute atomic E-state index is 0.0840. The number of aryl methyl sites for hydroxylation is 1. The van der Waals surface area contributed by atoms with Crippen LogP contribution in [-0.2, 0) is 14.9 Å². The van der Waals surface area contributed by atoms with E-state index in [9.17, 15) is 9.59 Å². The van der Waals surface area contributed by atoms with E-state index in [-0.39, 0.29) is 17.7 Å². The van der Waals surface area contributed by atoms with E-state index in [1.807, 2.05) is 32.9 Å². The molecule has 1 heterocycles. The summed E-state index contributed by atoms with van der Waals surface area (Å²) in [5, 5.41) is 0.590. The van der Waals surface area contributed by atoms with E-state index in [1.54, 1.807) is 36.4 Å². The lowest BCUT2D eigenvalue weighted by Crippen LogP contribution is -2.66. The summed E-state index contributed by atoms with van der Waals surface area (Å²) < 4.78 is 5.33. The van der Waals surface area contributed by atoms with E-state index < -0.39 is 11.5 Å². The first kappa shape index (κ1) is 16.7. The first-order chi connectivity index (χ1) is 11.4. The molecule has 124 valence electrons. The molecule has 0 aromatic heterocycles. The number of cyclic esters (lactones) is 1. The normalized spacial score (nSPS) is 22.9. The second kappa shape index (κ2) is 6.06. The molecule has 2 aromatic carbocycles. The maximum Gasteiger partial charge on any atom is 0.321 e. The molecule has 0 unspecified atom stereocenters. The van der Waals surface area contributed by atoms with Gasteiger partial charge in [-0.2, -0.15) is 0 Å². The van der Waals surface area contributed by atoms with Gasteiger partial charge in [-0.05, 0) is 30.5 Å². The van der Waals surface area contributed by atoms with Crippen molar-refractivity contribution >= 4 is 23.4 Å². The van der Waals surface area contributed by atoms with E-state index in [1.165, 1.54) is 0 Å². The van der Waals surface area contributed by atoms with Crippen LogP contribution < -0.4 is 0 Å². The molecular weight excluding hydrogens is 324 g/mol. The Kier molecular flexibility index (Phi) is 4.22. The minimum atomic E-state index is -0.966. The zero-order valence-electron chi connectivity index (χ0n) is 13.9. The lowest BCUT2D eigenvalue weighted by molar-refractivity contribution is -0.189. The van der Waals surface area contributed by atoms with Crippen molar-refractivity contribution in [1.29, 1.82) is 0 Å². The third-order valence-electron chi connectivity index (χ3n) is 4.78. The van der Waals surface area contributed by atoms with Gasteiger partial charge in [-0.25, -0.2) is 0 Å². The molecular formula is C20H19ClO3. The van der Waals surface area contributed by atoms with Crippen LogP contribution in [0.25, 0.3) is 0 Å².